The van der Waals surface area contributed by atoms with E-state index in [4.69, 9.17) is 0 Å². The summed E-state index contributed by atoms with van der Waals surface area (Å²) in [7, 11) is 0. The van der Waals surface area contributed by atoms with Gasteiger partial charge in [-0.15, -0.1) is 11.3 Å². The Morgan fingerprint density at radius 2 is 1.83 bits per heavy atom. The maximum Gasteiger partial charge on any atom is 0.252 e. The van der Waals surface area contributed by atoms with Crippen LogP contribution in [0.2, 0.25) is 0 Å². The molecule has 0 saturated carbocycles. The van der Waals surface area contributed by atoms with Crippen molar-refractivity contribution >= 4 is 17.2 Å². The third-order valence-electron chi connectivity index (χ3n) is 3.71. The highest BCUT2D eigenvalue weighted by Gasteiger charge is 2.18. The highest BCUT2D eigenvalue weighted by molar-refractivity contribution is 7.10. The molecule has 116 valence electrons. The Bertz CT molecular complexity index is 729. The predicted molar refractivity (Wildman–Crippen MR) is 93.7 cm³/mol. The number of pyridine rings is 1. The topological polar surface area (TPSA) is 42.0 Å². The first-order chi connectivity index (χ1) is 11.3. The lowest BCUT2D eigenvalue weighted by Gasteiger charge is -2.19. The van der Waals surface area contributed by atoms with E-state index in [2.05, 4.69) is 17.2 Å². The Hall–Kier alpha value is -2.46. The summed E-state index contributed by atoms with van der Waals surface area (Å²) in [4.78, 5) is 17.9. The molecule has 1 amide bonds. The highest BCUT2D eigenvalue weighted by atomic mass is 32.1. The van der Waals surface area contributed by atoms with Crippen molar-refractivity contribution in [3.8, 4) is 0 Å². The minimum absolute atomic E-state index is 0.0494. The molecule has 0 saturated heterocycles. The maximum absolute atomic E-state index is 12.6. The lowest BCUT2D eigenvalue weighted by molar-refractivity contribution is 0.0943. The Labute approximate surface area is 140 Å². The van der Waals surface area contributed by atoms with Crippen molar-refractivity contribution < 1.29 is 4.79 Å². The van der Waals surface area contributed by atoms with E-state index in [1.165, 1.54) is 4.88 Å². The van der Waals surface area contributed by atoms with Crippen LogP contribution in [0.15, 0.2) is 66.3 Å². The zero-order chi connectivity index (χ0) is 16.1. The van der Waals surface area contributed by atoms with Gasteiger partial charge in [-0.2, -0.15) is 0 Å². The fourth-order valence-electron chi connectivity index (χ4n) is 2.46. The minimum Gasteiger partial charge on any atom is -0.341 e. The third kappa shape index (κ3) is 3.66. The normalized spacial score (nSPS) is 11.9. The van der Waals surface area contributed by atoms with Crippen LogP contribution in [-0.2, 0) is 6.42 Å². The van der Waals surface area contributed by atoms with E-state index in [1.54, 1.807) is 23.7 Å². The highest BCUT2D eigenvalue weighted by Crippen LogP contribution is 2.23. The van der Waals surface area contributed by atoms with Gasteiger partial charge >= 0.3 is 0 Å². The molecule has 0 aliphatic carbocycles. The Balaban J connectivity index is 1.88. The van der Waals surface area contributed by atoms with Gasteiger partial charge < -0.3 is 5.32 Å². The van der Waals surface area contributed by atoms with Crippen LogP contribution < -0.4 is 5.32 Å². The Kier molecular flexibility index (Phi) is 4.83. The molecule has 1 atom stereocenters. The largest absolute Gasteiger partial charge is 0.341 e. The second-order valence-electron chi connectivity index (χ2n) is 5.25. The molecule has 1 N–H and O–H groups in total. The summed E-state index contributed by atoms with van der Waals surface area (Å²) in [5, 5.41) is 5.06. The smallest absolute Gasteiger partial charge is 0.252 e. The summed E-state index contributed by atoms with van der Waals surface area (Å²) >= 11 is 1.63. The van der Waals surface area contributed by atoms with Gasteiger partial charge in [-0.1, -0.05) is 37.3 Å². The number of hydrogen-bond acceptors (Lipinski definition) is 3. The van der Waals surface area contributed by atoms with Gasteiger partial charge in [-0.25, -0.2) is 0 Å². The van der Waals surface area contributed by atoms with Gasteiger partial charge in [0.05, 0.1) is 11.6 Å². The van der Waals surface area contributed by atoms with E-state index >= 15 is 0 Å². The number of thiophene rings is 1. The van der Waals surface area contributed by atoms with Gasteiger partial charge in [0.2, 0.25) is 0 Å². The maximum atomic E-state index is 12.6. The fourth-order valence-corrected chi connectivity index (χ4v) is 3.28. The summed E-state index contributed by atoms with van der Waals surface area (Å²) in [6, 6.07) is 15.6. The van der Waals surface area contributed by atoms with E-state index in [0.717, 1.165) is 23.1 Å². The van der Waals surface area contributed by atoms with Crippen LogP contribution in [-0.4, -0.2) is 10.9 Å². The van der Waals surface area contributed by atoms with Crippen molar-refractivity contribution in [1.82, 2.24) is 10.3 Å². The van der Waals surface area contributed by atoms with Crippen molar-refractivity contribution in [2.24, 2.45) is 0 Å². The number of carbonyl (C=O) groups excluding carboxylic acids is 1. The molecule has 4 heteroatoms. The number of benzene rings is 1. The molecule has 0 radical (unpaired) electrons. The van der Waals surface area contributed by atoms with Gasteiger partial charge in [0.25, 0.3) is 5.91 Å². The molecule has 3 aromatic rings. The molecular weight excluding hydrogens is 304 g/mol. The van der Waals surface area contributed by atoms with Crippen molar-refractivity contribution in [3.63, 3.8) is 0 Å². The predicted octanol–water partition coefficient (Wildman–Crippen LogP) is 4.22. The minimum atomic E-state index is -0.184. The van der Waals surface area contributed by atoms with Gasteiger partial charge in [0.15, 0.2) is 0 Å². The van der Waals surface area contributed by atoms with E-state index in [9.17, 15) is 4.79 Å². The zero-order valence-electron chi connectivity index (χ0n) is 12.9. The van der Waals surface area contributed by atoms with E-state index < -0.39 is 0 Å². The van der Waals surface area contributed by atoms with Gasteiger partial charge in [-0.05, 0) is 35.7 Å². The number of nitrogens with one attached hydrogen (secondary N) is 1. The van der Waals surface area contributed by atoms with Crippen LogP contribution in [0, 0.1) is 0 Å². The molecule has 0 fully saturated rings. The fraction of sp³-hybridized carbons (Fsp3) is 0.158. The average molecular weight is 322 g/mol. The number of rotatable bonds is 5. The van der Waals surface area contributed by atoms with Crippen molar-refractivity contribution in [1.29, 1.82) is 0 Å². The first-order valence-electron chi connectivity index (χ1n) is 7.61. The second kappa shape index (κ2) is 7.20. The molecule has 3 nitrogen and oxygen atoms in total. The molecule has 2 aromatic heterocycles. The number of hydrogen-bond donors (Lipinski definition) is 1. The van der Waals surface area contributed by atoms with Gasteiger partial charge in [0.1, 0.15) is 0 Å². The molecular formula is C19H18N2OS. The number of carbonyl (C=O) groups is 1. The quantitative estimate of drug-likeness (QED) is 0.764. The van der Waals surface area contributed by atoms with E-state index in [0.29, 0.717) is 0 Å². The number of aryl methyl sites for hydroxylation is 1. The number of nitrogens with zero attached hydrogens (tertiary/aromatic N) is 1. The summed E-state index contributed by atoms with van der Waals surface area (Å²) in [5.74, 6) is -0.0494. The van der Waals surface area contributed by atoms with Crippen LogP contribution in [0.4, 0.5) is 0 Å². The van der Waals surface area contributed by atoms with Gasteiger partial charge in [-0.3, -0.25) is 9.78 Å². The molecule has 3 rings (SSSR count). The lowest BCUT2D eigenvalue weighted by atomic mass is 9.99. The first-order valence-corrected chi connectivity index (χ1v) is 8.49. The average Bonchev–Trinajstić information content (AvgIpc) is 3.10. The molecule has 1 aromatic carbocycles. The van der Waals surface area contributed by atoms with Crippen LogP contribution in [0.1, 0.15) is 39.3 Å². The Morgan fingerprint density at radius 1 is 1.13 bits per heavy atom. The molecule has 0 aliphatic heterocycles. The first kappa shape index (κ1) is 15.4. The van der Waals surface area contributed by atoms with E-state index in [1.807, 2.05) is 53.9 Å². The SMILES string of the molecule is CCc1cc(C(=O)NC(c2ccccc2)c2ccncc2)cs1. The molecule has 0 bridgehead atoms. The Morgan fingerprint density at radius 3 is 2.48 bits per heavy atom. The molecule has 0 aliphatic rings. The van der Waals surface area contributed by atoms with E-state index in [-0.39, 0.29) is 11.9 Å². The monoisotopic (exact) mass is 322 g/mol. The van der Waals surface area contributed by atoms with Crippen molar-refractivity contribution in [2.75, 3.05) is 0 Å². The lowest BCUT2D eigenvalue weighted by Crippen LogP contribution is -2.29. The van der Waals surface area contributed by atoms with Crippen LogP contribution in [0.25, 0.3) is 0 Å². The summed E-state index contributed by atoms with van der Waals surface area (Å²) in [5.41, 5.74) is 2.80. The van der Waals surface area contributed by atoms with Crippen LogP contribution in [0.3, 0.4) is 0 Å². The second-order valence-corrected chi connectivity index (χ2v) is 6.25. The molecule has 0 spiro atoms. The standard InChI is InChI=1S/C19H18N2OS/c1-2-17-12-16(13-23-17)19(22)21-18(14-6-4-3-5-7-14)15-8-10-20-11-9-15/h3-13,18H,2H2,1H3,(H,21,22). The summed E-state index contributed by atoms with van der Waals surface area (Å²) < 4.78 is 0. The van der Waals surface area contributed by atoms with Crippen LogP contribution in [0.5, 0.6) is 0 Å². The molecule has 2 heterocycles. The van der Waals surface area contributed by atoms with Crippen molar-refractivity contribution in [3.05, 3.63) is 87.9 Å². The zero-order valence-corrected chi connectivity index (χ0v) is 13.7. The van der Waals surface area contributed by atoms with Gasteiger partial charge in [0, 0.05) is 22.7 Å². The number of aromatic nitrogens is 1. The molecule has 23 heavy (non-hydrogen) atoms. The number of amides is 1. The van der Waals surface area contributed by atoms with Crippen LogP contribution >= 0.6 is 11.3 Å². The third-order valence-corrected chi connectivity index (χ3v) is 4.79. The molecule has 1 unspecified atom stereocenters. The summed E-state index contributed by atoms with van der Waals surface area (Å²) in [6.45, 7) is 2.09. The van der Waals surface area contributed by atoms with Crippen molar-refractivity contribution in [2.45, 2.75) is 19.4 Å². The summed E-state index contributed by atoms with van der Waals surface area (Å²) in [6.07, 6.45) is 4.44.